The number of benzene rings is 2. The lowest BCUT2D eigenvalue weighted by Gasteiger charge is -2.21. The Labute approximate surface area is 146 Å². The van der Waals surface area contributed by atoms with Gasteiger partial charge in [-0.1, -0.05) is 48.5 Å². The standard InChI is InChI=1S/C20H19NO4/c22-19-11-5-4-9-17(19)13-21(14-18-10-6-12-24-18)20(23)25-15-16-7-2-1-3-8-16/h1-12,22H,13-15H2. The Hall–Kier alpha value is -3.21. The number of carbonyl (C=O) groups is 1. The molecule has 2 aromatic carbocycles. The maximum absolute atomic E-state index is 12.5. The Morgan fingerprint density at radius 3 is 2.44 bits per heavy atom. The van der Waals surface area contributed by atoms with Crippen LogP contribution in [0, 0.1) is 0 Å². The molecule has 0 aliphatic heterocycles. The molecule has 0 unspecified atom stereocenters. The molecule has 0 aliphatic carbocycles. The number of hydrogen-bond donors (Lipinski definition) is 1. The average Bonchev–Trinajstić information content (AvgIpc) is 3.15. The molecule has 1 N–H and O–H groups in total. The summed E-state index contributed by atoms with van der Waals surface area (Å²) in [5.41, 5.74) is 1.56. The van der Waals surface area contributed by atoms with E-state index in [9.17, 15) is 9.90 Å². The minimum absolute atomic E-state index is 0.141. The fraction of sp³-hybridized carbons (Fsp3) is 0.150. The van der Waals surface area contributed by atoms with Gasteiger partial charge in [0.05, 0.1) is 19.4 Å². The molecule has 25 heavy (non-hydrogen) atoms. The highest BCUT2D eigenvalue weighted by Crippen LogP contribution is 2.20. The van der Waals surface area contributed by atoms with Gasteiger partial charge < -0.3 is 14.3 Å². The van der Waals surface area contributed by atoms with Crippen molar-refractivity contribution in [3.8, 4) is 5.75 Å². The van der Waals surface area contributed by atoms with E-state index in [0.717, 1.165) is 5.56 Å². The first kappa shape index (κ1) is 16.6. The zero-order chi connectivity index (χ0) is 17.5. The molecular weight excluding hydrogens is 318 g/mol. The van der Waals surface area contributed by atoms with Crippen LogP contribution in [-0.4, -0.2) is 16.1 Å². The van der Waals surface area contributed by atoms with Crippen molar-refractivity contribution in [3.05, 3.63) is 89.9 Å². The molecule has 0 bridgehead atoms. The van der Waals surface area contributed by atoms with Crippen LogP contribution < -0.4 is 0 Å². The number of para-hydroxylation sites is 1. The highest BCUT2D eigenvalue weighted by atomic mass is 16.6. The van der Waals surface area contributed by atoms with Crippen LogP contribution in [0.1, 0.15) is 16.9 Å². The maximum atomic E-state index is 12.5. The van der Waals surface area contributed by atoms with E-state index in [1.54, 1.807) is 36.6 Å². The van der Waals surface area contributed by atoms with Gasteiger partial charge in [0, 0.05) is 5.56 Å². The molecule has 0 saturated carbocycles. The van der Waals surface area contributed by atoms with E-state index < -0.39 is 6.09 Å². The average molecular weight is 337 g/mol. The Balaban J connectivity index is 1.71. The number of rotatable bonds is 6. The lowest BCUT2D eigenvalue weighted by Crippen LogP contribution is -2.30. The molecule has 1 amide bonds. The number of ether oxygens (including phenoxy) is 1. The normalized spacial score (nSPS) is 10.4. The second kappa shape index (κ2) is 8.06. The number of amides is 1. The van der Waals surface area contributed by atoms with Gasteiger partial charge in [0.1, 0.15) is 18.1 Å². The van der Waals surface area contributed by atoms with Crippen LogP contribution in [0.25, 0.3) is 0 Å². The van der Waals surface area contributed by atoms with Crippen LogP contribution in [0.3, 0.4) is 0 Å². The van der Waals surface area contributed by atoms with Crippen molar-refractivity contribution in [2.75, 3.05) is 0 Å². The molecule has 1 heterocycles. The summed E-state index contributed by atoms with van der Waals surface area (Å²) in [5, 5.41) is 9.97. The van der Waals surface area contributed by atoms with Gasteiger partial charge >= 0.3 is 6.09 Å². The SMILES string of the molecule is O=C(OCc1ccccc1)N(Cc1ccco1)Cc1ccccc1O. The highest BCUT2D eigenvalue weighted by molar-refractivity contribution is 5.67. The molecule has 128 valence electrons. The van der Waals surface area contributed by atoms with Crippen molar-refractivity contribution in [1.82, 2.24) is 4.90 Å². The third kappa shape index (κ3) is 4.64. The number of aromatic hydroxyl groups is 1. The summed E-state index contributed by atoms with van der Waals surface area (Å²) in [5.74, 6) is 0.787. The Kier molecular flexibility index (Phi) is 5.36. The third-order valence-corrected chi connectivity index (χ3v) is 3.74. The lowest BCUT2D eigenvalue weighted by molar-refractivity contribution is 0.0882. The van der Waals surface area contributed by atoms with Gasteiger partial charge in [-0.15, -0.1) is 0 Å². The number of carbonyl (C=O) groups excluding carboxylic acids is 1. The van der Waals surface area contributed by atoms with Crippen molar-refractivity contribution in [2.24, 2.45) is 0 Å². The van der Waals surface area contributed by atoms with Crippen molar-refractivity contribution in [2.45, 2.75) is 19.7 Å². The largest absolute Gasteiger partial charge is 0.508 e. The smallest absolute Gasteiger partial charge is 0.410 e. The van der Waals surface area contributed by atoms with Crippen molar-refractivity contribution < 1.29 is 19.1 Å². The predicted molar refractivity (Wildman–Crippen MR) is 92.7 cm³/mol. The lowest BCUT2D eigenvalue weighted by atomic mass is 10.2. The first-order valence-corrected chi connectivity index (χ1v) is 7.97. The predicted octanol–water partition coefficient (Wildman–Crippen LogP) is 4.32. The topological polar surface area (TPSA) is 62.9 Å². The summed E-state index contributed by atoms with van der Waals surface area (Å²) < 4.78 is 10.7. The van der Waals surface area contributed by atoms with E-state index in [-0.39, 0.29) is 25.4 Å². The monoisotopic (exact) mass is 337 g/mol. The Bertz CT molecular complexity index is 800. The van der Waals surface area contributed by atoms with E-state index in [0.29, 0.717) is 11.3 Å². The summed E-state index contributed by atoms with van der Waals surface area (Å²) in [7, 11) is 0. The quantitative estimate of drug-likeness (QED) is 0.727. The summed E-state index contributed by atoms with van der Waals surface area (Å²) in [6.07, 6.45) is 1.09. The van der Waals surface area contributed by atoms with E-state index in [1.165, 1.54) is 4.90 Å². The van der Waals surface area contributed by atoms with Gasteiger partial charge in [-0.05, 0) is 23.8 Å². The van der Waals surface area contributed by atoms with Crippen LogP contribution in [0.2, 0.25) is 0 Å². The van der Waals surface area contributed by atoms with Crippen LogP contribution in [-0.2, 0) is 24.4 Å². The maximum Gasteiger partial charge on any atom is 0.410 e. The number of furan rings is 1. The number of phenols is 1. The first-order chi connectivity index (χ1) is 12.2. The first-order valence-electron chi connectivity index (χ1n) is 7.97. The molecule has 1 aromatic heterocycles. The van der Waals surface area contributed by atoms with Gasteiger partial charge in [-0.2, -0.15) is 0 Å². The van der Waals surface area contributed by atoms with E-state index in [4.69, 9.17) is 9.15 Å². The zero-order valence-electron chi connectivity index (χ0n) is 13.7. The van der Waals surface area contributed by atoms with Crippen LogP contribution in [0.5, 0.6) is 5.75 Å². The minimum Gasteiger partial charge on any atom is -0.508 e. The molecule has 0 radical (unpaired) electrons. The molecular formula is C20H19NO4. The van der Waals surface area contributed by atoms with Gasteiger partial charge in [0.25, 0.3) is 0 Å². The van der Waals surface area contributed by atoms with E-state index >= 15 is 0 Å². The van der Waals surface area contributed by atoms with Gasteiger partial charge in [0.15, 0.2) is 0 Å². The van der Waals surface area contributed by atoms with Gasteiger partial charge in [-0.3, -0.25) is 4.90 Å². The molecule has 5 nitrogen and oxygen atoms in total. The Morgan fingerprint density at radius 1 is 0.960 bits per heavy atom. The number of hydrogen-bond acceptors (Lipinski definition) is 4. The third-order valence-electron chi connectivity index (χ3n) is 3.74. The van der Waals surface area contributed by atoms with Gasteiger partial charge in [0.2, 0.25) is 0 Å². The zero-order valence-corrected chi connectivity index (χ0v) is 13.7. The van der Waals surface area contributed by atoms with Crippen molar-refractivity contribution >= 4 is 6.09 Å². The molecule has 0 aliphatic rings. The highest BCUT2D eigenvalue weighted by Gasteiger charge is 2.19. The fourth-order valence-electron chi connectivity index (χ4n) is 2.44. The second-order valence-electron chi connectivity index (χ2n) is 5.60. The van der Waals surface area contributed by atoms with Crippen molar-refractivity contribution in [1.29, 1.82) is 0 Å². The summed E-state index contributed by atoms with van der Waals surface area (Å²) >= 11 is 0. The Morgan fingerprint density at radius 2 is 1.72 bits per heavy atom. The molecule has 0 saturated heterocycles. The molecule has 3 rings (SSSR count). The number of phenolic OH excluding ortho intramolecular Hbond substituents is 1. The van der Waals surface area contributed by atoms with Crippen LogP contribution in [0.4, 0.5) is 4.79 Å². The summed E-state index contributed by atoms with van der Waals surface area (Å²) in [4.78, 5) is 14.0. The van der Waals surface area contributed by atoms with Crippen LogP contribution in [0.15, 0.2) is 77.4 Å². The molecule has 0 atom stereocenters. The van der Waals surface area contributed by atoms with E-state index in [1.807, 2.05) is 36.4 Å². The molecule has 5 heteroatoms. The van der Waals surface area contributed by atoms with Crippen molar-refractivity contribution in [3.63, 3.8) is 0 Å². The second-order valence-corrected chi connectivity index (χ2v) is 5.60. The van der Waals surface area contributed by atoms with E-state index in [2.05, 4.69) is 0 Å². The molecule has 3 aromatic rings. The fourth-order valence-corrected chi connectivity index (χ4v) is 2.44. The summed E-state index contributed by atoms with van der Waals surface area (Å²) in [6, 6.07) is 20.0. The molecule has 0 spiro atoms. The summed E-state index contributed by atoms with van der Waals surface area (Å²) in [6.45, 7) is 0.672. The minimum atomic E-state index is -0.469. The molecule has 0 fully saturated rings. The van der Waals surface area contributed by atoms with Crippen LogP contribution >= 0.6 is 0 Å². The number of nitrogens with zero attached hydrogens (tertiary/aromatic N) is 1. The van der Waals surface area contributed by atoms with Gasteiger partial charge in [-0.25, -0.2) is 4.79 Å².